The molecule has 1 amide bonds. The van der Waals surface area contributed by atoms with Crippen molar-refractivity contribution in [3.63, 3.8) is 0 Å². The Morgan fingerprint density at radius 2 is 2.40 bits per heavy atom. The van der Waals surface area contributed by atoms with E-state index in [0.29, 0.717) is 17.8 Å². The molecular weight excluding hydrogens is 272 g/mol. The predicted octanol–water partition coefficient (Wildman–Crippen LogP) is 2.43. The van der Waals surface area contributed by atoms with Gasteiger partial charge in [0, 0.05) is 12.7 Å². The molecule has 0 spiro atoms. The second-order valence-corrected chi connectivity index (χ2v) is 5.07. The molecule has 2 aromatic heterocycles. The Balaban J connectivity index is 1.75. The minimum atomic E-state index is -0.229. The molecule has 2 heterocycles. The van der Waals surface area contributed by atoms with E-state index in [-0.39, 0.29) is 5.91 Å². The first kappa shape index (κ1) is 12.4. The van der Waals surface area contributed by atoms with Crippen LogP contribution in [-0.4, -0.2) is 15.9 Å². The molecule has 5 nitrogen and oxygen atoms in total. The van der Waals surface area contributed by atoms with E-state index in [2.05, 4.69) is 15.3 Å². The van der Waals surface area contributed by atoms with Gasteiger partial charge in [-0.05, 0) is 17.7 Å². The zero-order valence-electron chi connectivity index (χ0n) is 10.4. The maximum atomic E-state index is 12.0. The highest BCUT2D eigenvalue weighted by molar-refractivity contribution is 7.16. The normalized spacial score (nSPS) is 10.3. The summed E-state index contributed by atoms with van der Waals surface area (Å²) in [6, 6.07) is 9.35. The van der Waals surface area contributed by atoms with Gasteiger partial charge in [0.1, 0.15) is 11.8 Å². The lowest BCUT2D eigenvalue weighted by atomic mass is 10.2. The molecule has 0 radical (unpaired) electrons. The van der Waals surface area contributed by atoms with E-state index in [4.69, 9.17) is 5.26 Å². The average Bonchev–Trinajstić information content (AvgIpc) is 3.13. The molecule has 98 valence electrons. The van der Waals surface area contributed by atoms with E-state index >= 15 is 0 Å². The summed E-state index contributed by atoms with van der Waals surface area (Å²) in [5, 5.41) is 11.6. The lowest BCUT2D eigenvalue weighted by Crippen LogP contribution is -2.23. The summed E-state index contributed by atoms with van der Waals surface area (Å²) in [6.45, 7) is 0.430. The smallest absolute Gasteiger partial charge is 0.268 e. The van der Waals surface area contributed by atoms with Gasteiger partial charge in [-0.25, -0.2) is 4.98 Å². The van der Waals surface area contributed by atoms with Crippen LogP contribution in [0.4, 0.5) is 0 Å². The van der Waals surface area contributed by atoms with E-state index < -0.39 is 0 Å². The van der Waals surface area contributed by atoms with Crippen molar-refractivity contribution in [1.82, 2.24) is 15.3 Å². The first-order valence-electron chi connectivity index (χ1n) is 5.96. The summed E-state index contributed by atoms with van der Waals surface area (Å²) in [7, 11) is 0. The number of aromatic nitrogens is 2. The number of carbonyl (C=O) groups is 1. The summed E-state index contributed by atoms with van der Waals surface area (Å²) in [6.07, 6.45) is 1.51. The van der Waals surface area contributed by atoms with Crippen molar-refractivity contribution >= 4 is 27.5 Å². The summed E-state index contributed by atoms with van der Waals surface area (Å²) < 4.78 is 1.08. The Morgan fingerprint density at radius 3 is 3.20 bits per heavy atom. The molecule has 0 bridgehead atoms. The van der Waals surface area contributed by atoms with Gasteiger partial charge in [0.2, 0.25) is 0 Å². The molecule has 0 aliphatic carbocycles. The fourth-order valence-electron chi connectivity index (χ4n) is 1.94. The number of nitrogens with zero attached hydrogens (tertiary/aromatic N) is 2. The Bertz CT molecular complexity index is 812. The van der Waals surface area contributed by atoms with Crippen LogP contribution in [0.25, 0.3) is 10.2 Å². The SMILES string of the molecule is N#Cc1c[nH]c(C(=O)NCc2cccc3ncsc23)c1. The fourth-order valence-corrected chi connectivity index (χ4v) is 2.75. The molecule has 2 N–H and O–H groups in total. The number of H-pyrrole nitrogens is 1. The number of nitrogens with one attached hydrogen (secondary N) is 2. The minimum Gasteiger partial charge on any atom is -0.356 e. The number of rotatable bonds is 3. The molecule has 3 aromatic rings. The number of carbonyl (C=O) groups excluding carboxylic acids is 1. The number of nitriles is 1. The first-order valence-corrected chi connectivity index (χ1v) is 6.83. The predicted molar refractivity (Wildman–Crippen MR) is 76.3 cm³/mol. The quantitative estimate of drug-likeness (QED) is 0.774. The molecule has 0 aliphatic heterocycles. The number of thiazole rings is 1. The number of amides is 1. The van der Waals surface area contributed by atoms with Crippen molar-refractivity contribution in [3.8, 4) is 6.07 Å². The first-order chi connectivity index (χ1) is 9.78. The Labute approximate surface area is 118 Å². The standard InChI is InChI=1S/C14H10N4OS/c15-5-9-4-12(16-6-9)14(19)17-7-10-2-1-3-11-13(10)20-8-18-11/h1-4,6,8,16H,7H2,(H,17,19). The zero-order chi connectivity index (χ0) is 13.9. The third-order valence-corrected chi connectivity index (χ3v) is 3.85. The minimum absolute atomic E-state index is 0.229. The van der Waals surface area contributed by atoms with Crippen LogP contribution in [0.5, 0.6) is 0 Å². The van der Waals surface area contributed by atoms with Gasteiger partial charge >= 0.3 is 0 Å². The molecule has 0 atom stereocenters. The van der Waals surface area contributed by atoms with Crippen LogP contribution >= 0.6 is 11.3 Å². The molecule has 6 heteroatoms. The van der Waals surface area contributed by atoms with Crippen LogP contribution in [-0.2, 0) is 6.54 Å². The maximum Gasteiger partial charge on any atom is 0.268 e. The van der Waals surface area contributed by atoms with Gasteiger partial charge in [0.15, 0.2) is 0 Å². The van der Waals surface area contributed by atoms with Crippen molar-refractivity contribution in [2.24, 2.45) is 0 Å². The monoisotopic (exact) mass is 282 g/mol. The Kier molecular flexibility index (Phi) is 3.19. The second kappa shape index (κ2) is 5.15. The van der Waals surface area contributed by atoms with Gasteiger partial charge < -0.3 is 10.3 Å². The van der Waals surface area contributed by atoms with Crippen molar-refractivity contribution in [1.29, 1.82) is 5.26 Å². The lowest BCUT2D eigenvalue weighted by Gasteiger charge is -2.04. The number of hydrogen-bond acceptors (Lipinski definition) is 4. The third kappa shape index (κ3) is 2.27. The fraction of sp³-hybridized carbons (Fsp3) is 0.0714. The van der Waals surface area contributed by atoms with E-state index in [9.17, 15) is 4.79 Å². The third-order valence-electron chi connectivity index (χ3n) is 2.93. The highest BCUT2D eigenvalue weighted by Gasteiger charge is 2.09. The van der Waals surface area contributed by atoms with Crippen LogP contribution in [0.15, 0.2) is 36.0 Å². The molecule has 3 rings (SSSR count). The molecule has 0 fully saturated rings. The highest BCUT2D eigenvalue weighted by Crippen LogP contribution is 2.21. The van der Waals surface area contributed by atoms with Crippen LogP contribution in [0.2, 0.25) is 0 Å². The largest absolute Gasteiger partial charge is 0.356 e. The van der Waals surface area contributed by atoms with E-state index in [1.54, 1.807) is 16.8 Å². The summed E-state index contributed by atoms with van der Waals surface area (Å²) in [4.78, 5) is 19.0. The van der Waals surface area contributed by atoms with Crippen molar-refractivity contribution in [2.45, 2.75) is 6.54 Å². The van der Waals surface area contributed by atoms with Gasteiger partial charge in [-0.3, -0.25) is 4.79 Å². The molecule has 0 unspecified atom stereocenters. The highest BCUT2D eigenvalue weighted by atomic mass is 32.1. The van der Waals surface area contributed by atoms with Crippen LogP contribution < -0.4 is 5.32 Å². The number of fused-ring (bicyclic) bond motifs is 1. The van der Waals surface area contributed by atoms with Gasteiger partial charge in [-0.15, -0.1) is 11.3 Å². The number of benzene rings is 1. The number of hydrogen-bond donors (Lipinski definition) is 2. The van der Waals surface area contributed by atoms with E-state index in [0.717, 1.165) is 15.8 Å². The van der Waals surface area contributed by atoms with Crippen molar-refractivity contribution < 1.29 is 4.79 Å². The molecule has 20 heavy (non-hydrogen) atoms. The van der Waals surface area contributed by atoms with Crippen LogP contribution in [0.3, 0.4) is 0 Å². The molecular formula is C14H10N4OS. The Morgan fingerprint density at radius 1 is 1.50 bits per heavy atom. The van der Waals surface area contributed by atoms with Gasteiger partial charge in [-0.1, -0.05) is 12.1 Å². The number of aromatic amines is 1. The lowest BCUT2D eigenvalue weighted by molar-refractivity contribution is 0.0946. The average molecular weight is 282 g/mol. The summed E-state index contributed by atoms with van der Waals surface area (Å²) in [5.41, 5.74) is 4.59. The molecule has 0 aliphatic rings. The summed E-state index contributed by atoms with van der Waals surface area (Å²) >= 11 is 1.56. The zero-order valence-corrected chi connectivity index (χ0v) is 11.2. The van der Waals surface area contributed by atoms with Gasteiger partial charge in [-0.2, -0.15) is 5.26 Å². The molecule has 0 saturated heterocycles. The van der Waals surface area contributed by atoms with E-state index in [1.807, 2.05) is 24.3 Å². The van der Waals surface area contributed by atoms with Crippen molar-refractivity contribution in [2.75, 3.05) is 0 Å². The molecule has 1 aromatic carbocycles. The van der Waals surface area contributed by atoms with Crippen molar-refractivity contribution in [3.05, 3.63) is 52.8 Å². The second-order valence-electron chi connectivity index (χ2n) is 4.21. The summed E-state index contributed by atoms with van der Waals surface area (Å²) in [5.74, 6) is -0.229. The Hall–Kier alpha value is -2.65. The maximum absolute atomic E-state index is 12.0. The van der Waals surface area contributed by atoms with Gasteiger partial charge in [0.25, 0.3) is 5.91 Å². The van der Waals surface area contributed by atoms with Crippen LogP contribution in [0, 0.1) is 11.3 Å². The topological polar surface area (TPSA) is 81.6 Å². The van der Waals surface area contributed by atoms with E-state index in [1.165, 1.54) is 12.3 Å². The molecule has 0 saturated carbocycles. The van der Waals surface area contributed by atoms with Gasteiger partial charge in [0.05, 0.1) is 21.3 Å². The van der Waals surface area contributed by atoms with Crippen LogP contribution in [0.1, 0.15) is 21.6 Å².